The Balaban J connectivity index is 2.41. The number of carbonyl (C=O) groups excluding carboxylic acids is 2. The highest BCUT2D eigenvalue weighted by Gasteiger charge is 2.42. The van der Waals surface area contributed by atoms with E-state index in [9.17, 15) is 9.59 Å². The number of nitrogen functional groups attached to an aromatic ring is 1. The molecule has 0 spiro atoms. The van der Waals surface area contributed by atoms with Crippen molar-refractivity contribution in [1.82, 2.24) is 20.0 Å². The first-order chi connectivity index (χ1) is 9.30. The van der Waals surface area contributed by atoms with Gasteiger partial charge >= 0.3 is 0 Å². The minimum Gasteiger partial charge on any atom is -0.395 e. The van der Waals surface area contributed by atoms with Gasteiger partial charge in [0.05, 0.1) is 11.4 Å². The number of piperazine rings is 1. The molecule has 1 fully saturated rings. The van der Waals surface area contributed by atoms with E-state index in [0.29, 0.717) is 36.6 Å². The maximum absolute atomic E-state index is 12.7. The number of nitrogens with one attached hydrogen (secondary N) is 1. The van der Waals surface area contributed by atoms with Gasteiger partial charge in [0.25, 0.3) is 5.91 Å². The van der Waals surface area contributed by atoms with Crippen molar-refractivity contribution >= 4 is 17.5 Å². The summed E-state index contributed by atoms with van der Waals surface area (Å²) in [5.41, 5.74) is 6.58. The van der Waals surface area contributed by atoms with Gasteiger partial charge in [-0.25, -0.2) is 0 Å². The molecular formula is C13H21N5O2. The highest BCUT2D eigenvalue weighted by atomic mass is 16.2. The third-order valence-corrected chi connectivity index (χ3v) is 3.79. The first-order valence-corrected chi connectivity index (χ1v) is 6.72. The highest BCUT2D eigenvalue weighted by Crippen LogP contribution is 2.24. The van der Waals surface area contributed by atoms with E-state index in [-0.39, 0.29) is 11.8 Å². The van der Waals surface area contributed by atoms with Gasteiger partial charge in [0.15, 0.2) is 0 Å². The van der Waals surface area contributed by atoms with Crippen molar-refractivity contribution in [1.29, 1.82) is 0 Å². The molecule has 0 radical (unpaired) electrons. The molecule has 0 atom stereocenters. The van der Waals surface area contributed by atoms with Gasteiger partial charge in [-0.3, -0.25) is 14.3 Å². The number of anilines is 1. The lowest BCUT2D eigenvalue weighted by atomic mass is 9.98. The first kappa shape index (κ1) is 14.4. The van der Waals surface area contributed by atoms with Gasteiger partial charge in [0.2, 0.25) is 5.91 Å². The number of hydrogen-bond donors (Lipinski definition) is 2. The van der Waals surface area contributed by atoms with Gasteiger partial charge < -0.3 is 16.0 Å². The van der Waals surface area contributed by atoms with Crippen LogP contribution >= 0.6 is 0 Å². The van der Waals surface area contributed by atoms with E-state index in [2.05, 4.69) is 10.4 Å². The number of rotatable bonds is 2. The number of carbonyl (C=O) groups is 2. The molecule has 0 unspecified atom stereocenters. The second-order valence-electron chi connectivity index (χ2n) is 5.46. The average Bonchev–Trinajstić information content (AvgIpc) is 2.67. The van der Waals surface area contributed by atoms with Crippen molar-refractivity contribution in [2.24, 2.45) is 7.05 Å². The maximum atomic E-state index is 12.7. The van der Waals surface area contributed by atoms with Gasteiger partial charge in [0.1, 0.15) is 11.2 Å². The molecule has 0 bridgehead atoms. The fourth-order valence-electron chi connectivity index (χ4n) is 2.49. The molecule has 2 amide bonds. The second-order valence-corrected chi connectivity index (χ2v) is 5.46. The highest BCUT2D eigenvalue weighted by molar-refractivity contribution is 6.02. The van der Waals surface area contributed by atoms with Crippen LogP contribution in [0.3, 0.4) is 0 Å². The van der Waals surface area contributed by atoms with Gasteiger partial charge in [0, 0.05) is 20.1 Å². The summed E-state index contributed by atoms with van der Waals surface area (Å²) in [5, 5.41) is 7.02. The van der Waals surface area contributed by atoms with E-state index in [1.54, 1.807) is 25.8 Å². The molecule has 1 aromatic heterocycles. The van der Waals surface area contributed by atoms with E-state index >= 15 is 0 Å². The third kappa shape index (κ3) is 2.03. The Morgan fingerprint density at radius 1 is 1.50 bits per heavy atom. The molecule has 7 heteroatoms. The summed E-state index contributed by atoms with van der Waals surface area (Å²) in [6, 6.07) is 0. The Bertz CT molecular complexity index is 561. The zero-order chi connectivity index (χ0) is 15.1. The van der Waals surface area contributed by atoms with Gasteiger partial charge in [-0.1, -0.05) is 6.92 Å². The molecule has 2 rings (SSSR count). The second kappa shape index (κ2) is 4.81. The predicted octanol–water partition coefficient (Wildman–Crippen LogP) is -0.0847. The van der Waals surface area contributed by atoms with Crippen molar-refractivity contribution in [2.75, 3.05) is 18.8 Å². The number of aromatic nitrogens is 2. The zero-order valence-corrected chi connectivity index (χ0v) is 12.4. The van der Waals surface area contributed by atoms with E-state index in [4.69, 9.17) is 5.73 Å². The molecule has 1 aliphatic heterocycles. The molecule has 3 N–H and O–H groups in total. The molecule has 1 aromatic rings. The first-order valence-electron chi connectivity index (χ1n) is 6.72. The quantitative estimate of drug-likeness (QED) is 0.791. The van der Waals surface area contributed by atoms with Crippen LogP contribution < -0.4 is 11.1 Å². The predicted molar refractivity (Wildman–Crippen MR) is 75.1 cm³/mol. The van der Waals surface area contributed by atoms with Crippen LogP contribution in [-0.2, 0) is 18.3 Å². The molecule has 20 heavy (non-hydrogen) atoms. The summed E-state index contributed by atoms with van der Waals surface area (Å²) >= 11 is 0. The Morgan fingerprint density at radius 2 is 2.15 bits per heavy atom. The lowest BCUT2D eigenvalue weighted by molar-refractivity contribution is -0.133. The van der Waals surface area contributed by atoms with Crippen LogP contribution in [0.15, 0.2) is 0 Å². The third-order valence-electron chi connectivity index (χ3n) is 3.79. The van der Waals surface area contributed by atoms with Crippen LogP contribution in [0.5, 0.6) is 0 Å². The van der Waals surface area contributed by atoms with Crippen LogP contribution in [0.2, 0.25) is 0 Å². The Hall–Kier alpha value is -2.05. The lowest BCUT2D eigenvalue weighted by Gasteiger charge is -2.41. The lowest BCUT2D eigenvalue weighted by Crippen LogP contribution is -2.63. The van der Waals surface area contributed by atoms with Crippen molar-refractivity contribution in [2.45, 2.75) is 32.7 Å². The number of aryl methyl sites for hydroxylation is 2. The summed E-state index contributed by atoms with van der Waals surface area (Å²) in [4.78, 5) is 26.2. The normalized spacial score (nSPS) is 18.0. The summed E-state index contributed by atoms with van der Waals surface area (Å²) < 4.78 is 1.50. The van der Waals surface area contributed by atoms with Gasteiger partial charge in [-0.2, -0.15) is 5.10 Å². The molecule has 110 valence electrons. The molecule has 0 aromatic carbocycles. The number of nitrogens with two attached hydrogens (primary N) is 1. The standard InChI is InChI=1S/C13H21N5O2/c1-5-8-9(14)10(17(4)16-8)11(19)18-7-6-15-12(20)13(18,2)3/h5-7,14H2,1-4H3,(H,15,20). The van der Waals surface area contributed by atoms with Crippen molar-refractivity contribution in [3.05, 3.63) is 11.4 Å². The zero-order valence-electron chi connectivity index (χ0n) is 12.4. The van der Waals surface area contributed by atoms with Gasteiger partial charge in [-0.15, -0.1) is 0 Å². The fourth-order valence-corrected chi connectivity index (χ4v) is 2.49. The summed E-state index contributed by atoms with van der Waals surface area (Å²) in [6.45, 7) is 6.31. The molecule has 2 heterocycles. The van der Waals surface area contributed by atoms with E-state index in [1.165, 1.54) is 4.68 Å². The largest absolute Gasteiger partial charge is 0.395 e. The van der Waals surface area contributed by atoms with Crippen molar-refractivity contribution in [3.63, 3.8) is 0 Å². The Morgan fingerprint density at radius 3 is 2.70 bits per heavy atom. The van der Waals surface area contributed by atoms with E-state index < -0.39 is 5.54 Å². The Kier molecular flexibility index (Phi) is 3.45. The Labute approximate surface area is 118 Å². The van der Waals surface area contributed by atoms with E-state index in [0.717, 1.165) is 0 Å². The van der Waals surface area contributed by atoms with Crippen LogP contribution in [0, 0.1) is 0 Å². The summed E-state index contributed by atoms with van der Waals surface area (Å²) in [5.74, 6) is -0.411. The topological polar surface area (TPSA) is 93.2 Å². The van der Waals surface area contributed by atoms with Gasteiger partial charge in [-0.05, 0) is 20.3 Å². The van der Waals surface area contributed by atoms with E-state index in [1.807, 2.05) is 6.92 Å². The minimum absolute atomic E-state index is 0.159. The number of nitrogens with zero attached hydrogens (tertiary/aromatic N) is 3. The SMILES string of the molecule is CCc1nn(C)c(C(=O)N2CCNC(=O)C2(C)C)c1N. The molecular weight excluding hydrogens is 258 g/mol. The van der Waals surface area contributed by atoms with Crippen LogP contribution in [-0.4, -0.2) is 45.1 Å². The smallest absolute Gasteiger partial charge is 0.275 e. The van der Waals surface area contributed by atoms with Crippen LogP contribution in [0.4, 0.5) is 5.69 Å². The molecule has 7 nitrogen and oxygen atoms in total. The molecule has 1 saturated heterocycles. The molecule has 0 saturated carbocycles. The summed E-state index contributed by atoms with van der Waals surface area (Å²) in [6.07, 6.45) is 0.664. The number of amides is 2. The average molecular weight is 279 g/mol. The molecule has 0 aliphatic carbocycles. The maximum Gasteiger partial charge on any atom is 0.275 e. The summed E-state index contributed by atoms with van der Waals surface area (Å²) in [7, 11) is 1.69. The monoisotopic (exact) mass is 279 g/mol. The van der Waals surface area contributed by atoms with Crippen molar-refractivity contribution in [3.8, 4) is 0 Å². The van der Waals surface area contributed by atoms with Crippen molar-refractivity contribution < 1.29 is 9.59 Å². The molecule has 1 aliphatic rings. The van der Waals surface area contributed by atoms with Crippen LogP contribution in [0.25, 0.3) is 0 Å². The minimum atomic E-state index is -0.890. The number of hydrogen-bond acceptors (Lipinski definition) is 4. The fraction of sp³-hybridized carbons (Fsp3) is 0.615. The van der Waals surface area contributed by atoms with Crippen LogP contribution in [0.1, 0.15) is 37.0 Å².